The van der Waals surface area contributed by atoms with Gasteiger partial charge in [-0.1, -0.05) is 0 Å². The number of anilines is 1. The second kappa shape index (κ2) is 3.22. The van der Waals surface area contributed by atoms with Crippen molar-refractivity contribution in [1.29, 1.82) is 0 Å². The van der Waals surface area contributed by atoms with Crippen molar-refractivity contribution in [2.45, 2.75) is 0 Å². The van der Waals surface area contributed by atoms with E-state index >= 15 is 0 Å². The van der Waals surface area contributed by atoms with Gasteiger partial charge in [0.25, 0.3) is 0 Å². The average molecular weight is 190 g/mol. The smallest absolute Gasteiger partial charge is 0.141 e. The summed E-state index contributed by atoms with van der Waals surface area (Å²) in [6, 6.07) is 0. The maximum absolute atomic E-state index is 5.65. The van der Waals surface area contributed by atoms with Gasteiger partial charge in [-0.2, -0.15) is 5.10 Å². The predicted molar refractivity (Wildman–Crippen MR) is 54.6 cm³/mol. The quantitative estimate of drug-likeness (QED) is 0.672. The number of H-pyrrole nitrogens is 1. The highest BCUT2D eigenvalue weighted by Crippen LogP contribution is 2.22. The molecule has 0 atom stereocenters. The Hall–Kier alpha value is -1.30. The fourth-order valence-electron chi connectivity index (χ4n) is 0.979. The Bertz CT molecular complexity index is 408. The minimum atomic E-state index is 0.553. The molecule has 0 unspecified atom stereocenters. The van der Waals surface area contributed by atoms with Crippen LogP contribution in [0.1, 0.15) is 0 Å². The maximum atomic E-state index is 5.65. The second-order valence-electron chi connectivity index (χ2n) is 2.49. The van der Waals surface area contributed by atoms with Crippen molar-refractivity contribution in [2.24, 2.45) is 0 Å². The lowest BCUT2D eigenvalue weighted by Crippen LogP contribution is -2.05. The van der Waals surface area contributed by atoms with Crippen molar-refractivity contribution in [2.75, 3.05) is 12.4 Å². The topological polar surface area (TPSA) is 53.6 Å². The molecule has 13 heavy (non-hydrogen) atoms. The molecule has 0 aliphatic rings. The van der Waals surface area contributed by atoms with E-state index in [-0.39, 0.29) is 0 Å². The highest BCUT2D eigenvalue weighted by molar-refractivity contribution is 7.13. The van der Waals surface area contributed by atoms with Crippen LogP contribution in [0.25, 0.3) is 10.6 Å². The molecule has 0 aliphatic heterocycles. The Morgan fingerprint density at radius 2 is 2.46 bits per heavy atom. The van der Waals surface area contributed by atoms with Gasteiger partial charge in [0.15, 0.2) is 0 Å². The van der Waals surface area contributed by atoms with Crippen LogP contribution in [0.2, 0.25) is 0 Å². The fraction of sp³-hybridized carbons (Fsp3) is 0.143. The van der Waals surface area contributed by atoms with E-state index in [1.54, 1.807) is 6.20 Å². The van der Waals surface area contributed by atoms with Gasteiger partial charge < -0.3 is 5.32 Å². The van der Waals surface area contributed by atoms with E-state index in [0.29, 0.717) is 5.59 Å². The van der Waals surface area contributed by atoms with Crippen LogP contribution in [0.15, 0.2) is 11.6 Å². The van der Waals surface area contributed by atoms with Crippen molar-refractivity contribution in [1.82, 2.24) is 15.2 Å². The third kappa shape index (κ3) is 1.44. The lowest BCUT2D eigenvalue weighted by molar-refractivity contribution is 1.11. The number of nitrogens with zero attached hydrogens (tertiary/aromatic N) is 2. The summed E-state index contributed by atoms with van der Waals surface area (Å²) in [6.45, 7) is 0. The molecule has 0 aromatic carbocycles. The van der Waals surface area contributed by atoms with E-state index in [2.05, 4.69) is 20.5 Å². The van der Waals surface area contributed by atoms with E-state index in [1.165, 1.54) is 11.3 Å². The molecular formula is C7H7BN4S. The molecule has 2 N–H and O–H groups in total. The largest absolute Gasteiger partial charge is 0.372 e. The van der Waals surface area contributed by atoms with Gasteiger partial charge in [0.1, 0.15) is 18.7 Å². The maximum Gasteiger partial charge on any atom is 0.141 e. The van der Waals surface area contributed by atoms with Crippen LogP contribution < -0.4 is 10.9 Å². The van der Waals surface area contributed by atoms with Gasteiger partial charge in [-0.15, -0.1) is 11.3 Å². The zero-order chi connectivity index (χ0) is 9.26. The second-order valence-corrected chi connectivity index (χ2v) is 3.34. The predicted octanol–water partition coefficient (Wildman–Crippen LogP) is 0.369. The number of thiazole rings is 1. The van der Waals surface area contributed by atoms with Crippen LogP contribution in [-0.4, -0.2) is 30.1 Å². The van der Waals surface area contributed by atoms with Gasteiger partial charge in [-0.3, -0.25) is 5.10 Å². The molecule has 0 amide bonds. The summed E-state index contributed by atoms with van der Waals surface area (Å²) < 4.78 is 0. The third-order valence-corrected chi connectivity index (χ3v) is 2.54. The van der Waals surface area contributed by atoms with Crippen LogP contribution in [0, 0.1) is 0 Å². The zero-order valence-electron chi connectivity index (χ0n) is 7.03. The number of hydrogen-bond acceptors (Lipinski definition) is 4. The fourth-order valence-corrected chi connectivity index (χ4v) is 1.81. The average Bonchev–Trinajstić information content (AvgIpc) is 2.71. The molecule has 0 bridgehead atoms. The highest BCUT2D eigenvalue weighted by Gasteiger charge is 2.07. The Morgan fingerprint density at radius 3 is 3.00 bits per heavy atom. The van der Waals surface area contributed by atoms with Crippen molar-refractivity contribution in [3.8, 4) is 10.6 Å². The monoisotopic (exact) mass is 190 g/mol. The molecule has 2 rings (SSSR count). The molecule has 2 aromatic rings. The molecule has 4 nitrogen and oxygen atoms in total. The standard InChI is InChI=1S/C7H7BN4S/c1-9-5-3-13-7(11-5)4-2-10-12-6(4)8/h2-3,9H,1H3,(H,10,12). The first-order valence-electron chi connectivity index (χ1n) is 3.73. The summed E-state index contributed by atoms with van der Waals surface area (Å²) >= 11 is 1.53. The van der Waals surface area contributed by atoms with Crippen LogP contribution in [-0.2, 0) is 0 Å². The third-order valence-electron chi connectivity index (χ3n) is 1.66. The first-order chi connectivity index (χ1) is 6.31. The summed E-state index contributed by atoms with van der Waals surface area (Å²) in [5.41, 5.74) is 1.41. The highest BCUT2D eigenvalue weighted by atomic mass is 32.1. The summed E-state index contributed by atoms with van der Waals surface area (Å²) in [7, 11) is 7.48. The first-order valence-corrected chi connectivity index (χ1v) is 4.61. The molecule has 2 aromatic heterocycles. The van der Waals surface area contributed by atoms with Crippen molar-refractivity contribution < 1.29 is 0 Å². The molecule has 0 saturated heterocycles. The van der Waals surface area contributed by atoms with Crippen molar-refractivity contribution in [3.63, 3.8) is 0 Å². The molecule has 0 saturated carbocycles. The molecule has 2 heterocycles. The van der Waals surface area contributed by atoms with E-state index < -0.39 is 0 Å². The number of aromatic amines is 1. The van der Waals surface area contributed by atoms with E-state index in [0.717, 1.165) is 16.4 Å². The number of rotatable bonds is 2. The molecule has 2 radical (unpaired) electrons. The lowest BCUT2D eigenvalue weighted by Gasteiger charge is -1.92. The SMILES string of the molecule is [B]c1[nH]ncc1-c1nc(NC)cs1. The Kier molecular flexibility index (Phi) is 2.06. The summed E-state index contributed by atoms with van der Waals surface area (Å²) in [4.78, 5) is 4.30. The zero-order valence-corrected chi connectivity index (χ0v) is 7.85. The van der Waals surface area contributed by atoms with Gasteiger partial charge >= 0.3 is 0 Å². The number of aromatic nitrogens is 3. The van der Waals surface area contributed by atoms with Gasteiger partial charge in [-0.25, -0.2) is 4.98 Å². The first kappa shape index (κ1) is 8.31. The van der Waals surface area contributed by atoms with Gasteiger partial charge in [-0.05, 0) is 5.59 Å². The normalized spacial score (nSPS) is 10.2. The van der Waals surface area contributed by atoms with Crippen LogP contribution >= 0.6 is 11.3 Å². The van der Waals surface area contributed by atoms with Gasteiger partial charge in [0, 0.05) is 18.0 Å². The minimum Gasteiger partial charge on any atom is -0.372 e. The Morgan fingerprint density at radius 1 is 1.62 bits per heavy atom. The Balaban J connectivity index is 2.41. The van der Waals surface area contributed by atoms with Gasteiger partial charge in [0.05, 0.1) is 6.20 Å². The van der Waals surface area contributed by atoms with E-state index in [9.17, 15) is 0 Å². The summed E-state index contributed by atoms with van der Waals surface area (Å²) in [6.07, 6.45) is 1.67. The van der Waals surface area contributed by atoms with E-state index in [1.807, 2.05) is 12.4 Å². The van der Waals surface area contributed by atoms with Crippen molar-refractivity contribution >= 4 is 30.6 Å². The van der Waals surface area contributed by atoms with Crippen LogP contribution in [0.4, 0.5) is 5.82 Å². The molecule has 0 fully saturated rings. The number of hydrogen-bond donors (Lipinski definition) is 2. The minimum absolute atomic E-state index is 0.553. The summed E-state index contributed by atoms with van der Waals surface area (Å²) in [5.74, 6) is 0.848. The van der Waals surface area contributed by atoms with E-state index in [4.69, 9.17) is 7.85 Å². The summed E-state index contributed by atoms with van der Waals surface area (Å²) in [5, 5.41) is 12.3. The van der Waals surface area contributed by atoms with Crippen LogP contribution in [0.3, 0.4) is 0 Å². The Labute approximate surface area is 80.8 Å². The number of nitrogens with one attached hydrogen (secondary N) is 2. The van der Waals surface area contributed by atoms with Gasteiger partial charge in [0.2, 0.25) is 0 Å². The van der Waals surface area contributed by atoms with Crippen molar-refractivity contribution in [3.05, 3.63) is 11.6 Å². The van der Waals surface area contributed by atoms with Crippen LogP contribution in [0.5, 0.6) is 0 Å². The molecule has 6 heteroatoms. The molecular weight excluding hydrogens is 183 g/mol. The molecule has 0 aliphatic carbocycles. The molecule has 64 valence electrons. The lowest BCUT2D eigenvalue weighted by atomic mass is 10.0. The molecule has 0 spiro atoms.